The van der Waals surface area contributed by atoms with E-state index in [0.29, 0.717) is 5.56 Å². The maximum Gasteiger partial charge on any atom is 0.328 e. The Balaban J connectivity index is 2.42. The van der Waals surface area contributed by atoms with Crippen molar-refractivity contribution in [1.29, 1.82) is 0 Å². The van der Waals surface area contributed by atoms with Gasteiger partial charge in [0.05, 0.1) is 0 Å². The lowest BCUT2D eigenvalue weighted by Gasteiger charge is -2.06. The minimum atomic E-state index is -1.13. The number of carbonyl (C=O) groups is 2. The van der Waals surface area contributed by atoms with Crippen molar-refractivity contribution in [3.63, 3.8) is 0 Å². The SMILES string of the molecule is O=C(O)C=CC(=O)c1ccccc1-c1ccccc1. The average Bonchev–Trinajstić information content (AvgIpc) is 2.45. The second-order valence-corrected chi connectivity index (χ2v) is 3.95. The first-order valence-corrected chi connectivity index (χ1v) is 5.78. The van der Waals surface area contributed by atoms with Crippen molar-refractivity contribution < 1.29 is 14.7 Å². The standard InChI is InChI=1S/C16H12O3/c17-15(10-11-16(18)19)14-9-5-4-8-13(14)12-6-2-1-3-7-12/h1-11H,(H,18,19). The molecule has 3 heteroatoms. The van der Waals surface area contributed by atoms with Gasteiger partial charge in [0.15, 0.2) is 5.78 Å². The van der Waals surface area contributed by atoms with Crippen molar-refractivity contribution in [3.8, 4) is 11.1 Å². The molecule has 0 aromatic heterocycles. The lowest BCUT2D eigenvalue weighted by atomic mass is 9.97. The Morgan fingerprint density at radius 2 is 1.47 bits per heavy atom. The Morgan fingerprint density at radius 3 is 2.16 bits per heavy atom. The Hall–Kier alpha value is -2.68. The van der Waals surface area contributed by atoms with Gasteiger partial charge in [0, 0.05) is 11.6 Å². The van der Waals surface area contributed by atoms with Crippen LogP contribution in [0.4, 0.5) is 0 Å². The van der Waals surface area contributed by atoms with Gasteiger partial charge in [-0.15, -0.1) is 0 Å². The summed E-state index contributed by atoms with van der Waals surface area (Å²) in [4.78, 5) is 22.4. The average molecular weight is 252 g/mol. The molecule has 2 aromatic rings. The number of carboxylic acid groups (broad SMARTS) is 1. The molecule has 0 bridgehead atoms. The summed E-state index contributed by atoms with van der Waals surface area (Å²) in [5.41, 5.74) is 2.21. The Kier molecular flexibility index (Phi) is 3.88. The van der Waals surface area contributed by atoms with E-state index in [1.54, 1.807) is 12.1 Å². The van der Waals surface area contributed by atoms with Crippen LogP contribution in [-0.2, 0) is 4.79 Å². The van der Waals surface area contributed by atoms with Crippen molar-refractivity contribution in [2.24, 2.45) is 0 Å². The van der Waals surface area contributed by atoms with Gasteiger partial charge in [-0.3, -0.25) is 4.79 Å². The zero-order valence-electron chi connectivity index (χ0n) is 10.1. The topological polar surface area (TPSA) is 54.4 Å². The van der Waals surface area contributed by atoms with E-state index in [4.69, 9.17) is 5.11 Å². The summed E-state index contributed by atoms with van der Waals surface area (Å²) in [6.45, 7) is 0. The van der Waals surface area contributed by atoms with Gasteiger partial charge in [0.2, 0.25) is 0 Å². The summed E-state index contributed by atoms with van der Waals surface area (Å²) < 4.78 is 0. The molecule has 0 aliphatic rings. The van der Waals surface area contributed by atoms with E-state index in [-0.39, 0.29) is 5.78 Å². The first-order valence-electron chi connectivity index (χ1n) is 5.78. The number of carboxylic acids is 1. The molecule has 0 aliphatic heterocycles. The van der Waals surface area contributed by atoms with Gasteiger partial charge in [-0.05, 0) is 17.2 Å². The third-order valence-electron chi connectivity index (χ3n) is 2.65. The van der Waals surface area contributed by atoms with Crippen LogP contribution in [0.3, 0.4) is 0 Å². The van der Waals surface area contributed by atoms with Crippen LogP contribution in [-0.4, -0.2) is 16.9 Å². The second-order valence-electron chi connectivity index (χ2n) is 3.95. The summed E-state index contributed by atoms with van der Waals surface area (Å²) in [7, 11) is 0. The smallest absolute Gasteiger partial charge is 0.328 e. The molecule has 0 fully saturated rings. The minimum absolute atomic E-state index is 0.318. The van der Waals surface area contributed by atoms with Crippen LogP contribution in [0, 0.1) is 0 Å². The molecule has 3 nitrogen and oxygen atoms in total. The summed E-state index contributed by atoms with van der Waals surface area (Å²) in [5, 5.41) is 8.56. The van der Waals surface area contributed by atoms with Gasteiger partial charge in [0.1, 0.15) is 0 Å². The third-order valence-corrected chi connectivity index (χ3v) is 2.65. The van der Waals surface area contributed by atoms with E-state index < -0.39 is 5.97 Å². The Morgan fingerprint density at radius 1 is 0.842 bits per heavy atom. The number of allylic oxidation sites excluding steroid dienone is 1. The van der Waals surface area contributed by atoms with Gasteiger partial charge in [-0.1, -0.05) is 54.6 Å². The van der Waals surface area contributed by atoms with Crippen LogP contribution in [0.5, 0.6) is 0 Å². The van der Waals surface area contributed by atoms with Crippen molar-refractivity contribution >= 4 is 11.8 Å². The predicted octanol–water partition coefficient (Wildman–Crippen LogP) is 3.18. The Labute approximate surface area is 110 Å². The lowest BCUT2D eigenvalue weighted by molar-refractivity contribution is -0.131. The van der Waals surface area contributed by atoms with Crippen LogP contribution in [0.25, 0.3) is 11.1 Å². The third kappa shape index (κ3) is 3.16. The van der Waals surface area contributed by atoms with E-state index in [1.165, 1.54) is 0 Å². The quantitative estimate of drug-likeness (QED) is 0.671. The van der Waals surface area contributed by atoms with Crippen molar-refractivity contribution in [1.82, 2.24) is 0 Å². The number of rotatable bonds is 4. The van der Waals surface area contributed by atoms with Gasteiger partial charge in [-0.25, -0.2) is 4.79 Å². The molecule has 0 radical (unpaired) electrons. The molecular formula is C16H12O3. The number of ketones is 1. The number of benzene rings is 2. The van der Waals surface area contributed by atoms with Crippen LogP contribution in [0.1, 0.15) is 10.4 Å². The zero-order valence-corrected chi connectivity index (χ0v) is 10.1. The molecule has 0 atom stereocenters. The second kappa shape index (κ2) is 5.78. The van der Waals surface area contributed by atoms with E-state index in [0.717, 1.165) is 23.3 Å². The summed E-state index contributed by atoms with van der Waals surface area (Å²) >= 11 is 0. The molecule has 0 heterocycles. The fourth-order valence-corrected chi connectivity index (χ4v) is 1.80. The molecule has 19 heavy (non-hydrogen) atoms. The molecule has 1 N–H and O–H groups in total. The fourth-order valence-electron chi connectivity index (χ4n) is 1.80. The molecule has 94 valence electrons. The van der Waals surface area contributed by atoms with E-state index in [1.807, 2.05) is 42.5 Å². The van der Waals surface area contributed by atoms with Crippen molar-refractivity contribution in [3.05, 3.63) is 72.3 Å². The number of carbonyl (C=O) groups excluding carboxylic acids is 1. The minimum Gasteiger partial charge on any atom is -0.478 e. The van der Waals surface area contributed by atoms with Gasteiger partial charge < -0.3 is 5.11 Å². The van der Waals surface area contributed by atoms with E-state index in [9.17, 15) is 9.59 Å². The highest BCUT2D eigenvalue weighted by atomic mass is 16.4. The molecule has 0 saturated heterocycles. The van der Waals surface area contributed by atoms with Gasteiger partial charge in [0.25, 0.3) is 0 Å². The fraction of sp³-hybridized carbons (Fsp3) is 0. The zero-order chi connectivity index (χ0) is 13.7. The summed E-state index contributed by atoms with van der Waals surface area (Å²) in [5.74, 6) is -1.45. The predicted molar refractivity (Wildman–Crippen MR) is 73.0 cm³/mol. The molecule has 0 spiro atoms. The lowest BCUT2D eigenvalue weighted by Crippen LogP contribution is -1.99. The number of hydrogen-bond donors (Lipinski definition) is 1. The Bertz CT molecular complexity index is 627. The molecule has 0 amide bonds. The monoisotopic (exact) mass is 252 g/mol. The molecule has 2 rings (SSSR count). The maximum absolute atomic E-state index is 12.0. The van der Waals surface area contributed by atoms with Gasteiger partial charge in [-0.2, -0.15) is 0 Å². The molecular weight excluding hydrogens is 240 g/mol. The number of aliphatic carboxylic acids is 1. The highest BCUT2D eigenvalue weighted by Gasteiger charge is 2.09. The normalized spacial score (nSPS) is 10.5. The van der Waals surface area contributed by atoms with Crippen LogP contribution in [0.2, 0.25) is 0 Å². The van der Waals surface area contributed by atoms with Crippen molar-refractivity contribution in [2.45, 2.75) is 0 Å². The van der Waals surface area contributed by atoms with Crippen molar-refractivity contribution in [2.75, 3.05) is 0 Å². The molecule has 0 saturated carbocycles. The highest BCUT2D eigenvalue weighted by molar-refractivity contribution is 6.10. The van der Waals surface area contributed by atoms with E-state index >= 15 is 0 Å². The molecule has 0 aliphatic carbocycles. The van der Waals surface area contributed by atoms with Crippen LogP contribution in [0.15, 0.2) is 66.7 Å². The van der Waals surface area contributed by atoms with Gasteiger partial charge >= 0.3 is 5.97 Å². The first-order chi connectivity index (χ1) is 9.18. The molecule has 2 aromatic carbocycles. The largest absolute Gasteiger partial charge is 0.478 e. The van der Waals surface area contributed by atoms with Crippen LogP contribution >= 0.6 is 0 Å². The molecule has 0 unspecified atom stereocenters. The van der Waals surface area contributed by atoms with Crippen LogP contribution < -0.4 is 0 Å². The number of hydrogen-bond acceptors (Lipinski definition) is 2. The summed E-state index contributed by atoms with van der Waals surface area (Å²) in [6, 6.07) is 16.6. The summed E-state index contributed by atoms with van der Waals surface area (Å²) in [6.07, 6.45) is 1.92. The maximum atomic E-state index is 12.0. The highest BCUT2D eigenvalue weighted by Crippen LogP contribution is 2.23. The van der Waals surface area contributed by atoms with E-state index in [2.05, 4.69) is 0 Å². The first kappa shape index (κ1) is 12.8.